The van der Waals surface area contributed by atoms with Crippen LogP contribution in [0, 0.1) is 0 Å². The second kappa shape index (κ2) is 9.51. The van der Waals surface area contributed by atoms with Gasteiger partial charge in [0.05, 0.1) is 12.1 Å². The zero-order chi connectivity index (χ0) is 24.3. The monoisotopic (exact) mass is 469 g/mol. The first-order chi connectivity index (χ1) is 15.5. The maximum absolute atomic E-state index is 13.1. The number of benzene rings is 1. The summed E-state index contributed by atoms with van der Waals surface area (Å²) < 4.78 is 40.1. The van der Waals surface area contributed by atoms with Crippen molar-refractivity contribution < 1.29 is 33.0 Å². The Hall–Kier alpha value is -3.57. The van der Waals surface area contributed by atoms with Crippen LogP contribution in [0.4, 0.5) is 13.2 Å². The van der Waals surface area contributed by atoms with Crippen LogP contribution in [0.25, 0.3) is 0 Å². The zero-order valence-electron chi connectivity index (χ0n) is 17.4. The molecular weight excluding hydrogens is 447 g/mol. The second-order valence-electron chi connectivity index (χ2n) is 7.81. The van der Waals surface area contributed by atoms with Crippen molar-refractivity contribution in [3.63, 3.8) is 0 Å². The van der Waals surface area contributed by atoms with Crippen LogP contribution in [0.5, 0.6) is 5.88 Å². The molecule has 9 nitrogen and oxygen atoms in total. The van der Waals surface area contributed by atoms with Gasteiger partial charge in [-0.15, -0.1) is 0 Å². The van der Waals surface area contributed by atoms with Crippen LogP contribution in [0.1, 0.15) is 59.6 Å². The van der Waals surface area contributed by atoms with Gasteiger partial charge in [-0.2, -0.15) is 13.2 Å². The summed E-state index contributed by atoms with van der Waals surface area (Å²) in [4.78, 5) is 49.4. The number of aromatic nitrogens is 2. The molecule has 12 heteroatoms. The highest BCUT2D eigenvalue weighted by Gasteiger charge is 2.31. The standard InChI is InChI=1S/C21H22F3N3O6/c22-21(23,24)13-8-6-12(7-9-13)11-26-18(31)16(17(30)25-10-15(28)29)19(32)27(20(26)33)14-4-2-1-3-5-14/h6-9,14,32H,1-5,10-11H2,(H,25,30)(H,28,29). The third-order valence-electron chi connectivity index (χ3n) is 5.54. The van der Waals surface area contributed by atoms with Gasteiger partial charge < -0.3 is 15.5 Å². The van der Waals surface area contributed by atoms with Gasteiger partial charge in [-0.1, -0.05) is 31.4 Å². The molecule has 0 spiro atoms. The average molecular weight is 469 g/mol. The van der Waals surface area contributed by atoms with Crippen LogP contribution in [-0.4, -0.2) is 37.8 Å². The molecule has 33 heavy (non-hydrogen) atoms. The second-order valence-corrected chi connectivity index (χ2v) is 7.81. The van der Waals surface area contributed by atoms with E-state index in [9.17, 15) is 37.5 Å². The fourth-order valence-electron chi connectivity index (χ4n) is 3.89. The summed E-state index contributed by atoms with van der Waals surface area (Å²) in [6.45, 7) is -1.26. The molecule has 1 aliphatic carbocycles. The van der Waals surface area contributed by atoms with Crippen LogP contribution in [0.3, 0.4) is 0 Å². The van der Waals surface area contributed by atoms with Gasteiger partial charge in [-0.25, -0.2) is 4.79 Å². The SMILES string of the molecule is O=C(O)CNC(=O)c1c(O)n(C2CCCCC2)c(=O)n(Cc2ccc(C(F)(F)F)cc2)c1=O. The molecule has 1 heterocycles. The summed E-state index contributed by atoms with van der Waals surface area (Å²) in [5, 5.41) is 21.4. The molecule has 3 rings (SSSR count). The third-order valence-corrected chi connectivity index (χ3v) is 5.54. The Morgan fingerprint density at radius 3 is 2.21 bits per heavy atom. The van der Waals surface area contributed by atoms with Crippen LogP contribution < -0.4 is 16.6 Å². The van der Waals surface area contributed by atoms with Crippen molar-refractivity contribution >= 4 is 11.9 Å². The summed E-state index contributed by atoms with van der Waals surface area (Å²) in [5.41, 5.74) is -3.59. The van der Waals surface area contributed by atoms with E-state index in [2.05, 4.69) is 0 Å². The fourth-order valence-corrected chi connectivity index (χ4v) is 3.89. The quantitative estimate of drug-likeness (QED) is 0.594. The Morgan fingerprint density at radius 2 is 1.67 bits per heavy atom. The first-order valence-corrected chi connectivity index (χ1v) is 10.2. The first-order valence-electron chi connectivity index (χ1n) is 10.2. The topological polar surface area (TPSA) is 131 Å². The highest BCUT2D eigenvalue weighted by atomic mass is 19.4. The third kappa shape index (κ3) is 5.26. The Morgan fingerprint density at radius 1 is 1.06 bits per heavy atom. The molecule has 3 N–H and O–H groups in total. The maximum Gasteiger partial charge on any atom is 0.416 e. The Labute approximate surface area is 185 Å². The van der Waals surface area contributed by atoms with Crippen molar-refractivity contribution in [1.82, 2.24) is 14.5 Å². The molecule has 178 valence electrons. The number of rotatable bonds is 6. The first kappa shape index (κ1) is 24.1. The van der Waals surface area contributed by atoms with Gasteiger partial charge in [-0.05, 0) is 30.5 Å². The molecule has 1 saturated carbocycles. The minimum absolute atomic E-state index is 0.194. The molecule has 1 aromatic heterocycles. The Kier molecular flexibility index (Phi) is 6.94. The van der Waals surface area contributed by atoms with Gasteiger partial charge in [0, 0.05) is 6.04 Å². The van der Waals surface area contributed by atoms with E-state index in [0.29, 0.717) is 17.4 Å². The number of carbonyl (C=O) groups is 2. The number of alkyl halides is 3. The lowest BCUT2D eigenvalue weighted by molar-refractivity contribution is -0.138. The molecular formula is C21H22F3N3O6. The van der Waals surface area contributed by atoms with E-state index in [-0.39, 0.29) is 5.56 Å². The normalized spacial score (nSPS) is 14.8. The molecule has 0 unspecified atom stereocenters. The van der Waals surface area contributed by atoms with Crippen molar-refractivity contribution in [2.45, 2.75) is 50.9 Å². The van der Waals surface area contributed by atoms with Crippen molar-refractivity contribution in [3.8, 4) is 5.88 Å². The van der Waals surface area contributed by atoms with Gasteiger partial charge in [-0.3, -0.25) is 23.5 Å². The lowest BCUT2D eigenvalue weighted by Crippen LogP contribution is -2.46. The van der Waals surface area contributed by atoms with Crippen LogP contribution in [0.15, 0.2) is 33.9 Å². The number of nitrogens with zero attached hydrogens (tertiary/aromatic N) is 2. The van der Waals surface area contributed by atoms with Gasteiger partial charge in [0.25, 0.3) is 11.5 Å². The summed E-state index contributed by atoms with van der Waals surface area (Å²) in [6, 6.07) is 3.34. The van der Waals surface area contributed by atoms with Crippen LogP contribution in [-0.2, 0) is 17.5 Å². The molecule has 0 aliphatic heterocycles. The van der Waals surface area contributed by atoms with E-state index in [0.717, 1.165) is 48.1 Å². The number of carbonyl (C=O) groups excluding carboxylic acids is 1. The highest BCUT2D eigenvalue weighted by Crippen LogP contribution is 2.31. The smallest absolute Gasteiger partial charge is 0.416 e. The van der Waals surface area contributed by atoms with Gasteiger partial charge >= 0.3 is 17.8 Å². The molecule has 1 fully saturated rings. The minimum Gasteiger partial charge on any atom is -0.494 e. The minimum atomic E-state index is -4.56. The summed E-state index contributed by atoms with van der Waals surface area (Å²) in [5.74, 6) is -3.41. The average Bonchev–Trinajstić information content (AvgIpc) is 2.76. The largest absolute Gasteiger partial charge is 0.494 e. The number of aromatic hydroxyl groups is 1. The van der Waals surface area contributed by atoms with Crippen molar-refractivity contribution in [2.24, 2.45) is 0 Å². The van der Waals surface area contributed by atoms with Crippen LogP contribution in [0.2, 0.25) is 0 Å². The number of aliphatic carboxylic acids is 1. The Balaban J connectivity index is 2.10. The number of halogens is 3. The molecule has 0 radical (unpaired) electrons. The molecule has 0 saturated heterocycles. The molecule has 0 bridgehead atoms. The predicted molar refractivity (Wildman–Crippen MR) is 109 cm³/mol. The number of nitrogens with one attached hydrogen (secondary N) is 1. The molecule has 2 aromatic rings. The number of hydrogen-bond acceptors (Lipinski definition) is 5. The zero-order valence-corrected chi connectivity index (χ0v) is 17.4. The summed E-state index contributed by atoms with van der Waals surface area (Å²) >= 11 is 0. The lowest BCUT2D eigenvalue weighted by atomic mass is 9.95. The van der Waals surface area contributed by atoms with E-state index in [1.807, 2.05) is 5.32 Å². The summed E-state index contributed by atoms with van der Waals surface area (Å²) in [7, 11) is 0. The maximum atomic E-state index is 13.1. The van der Waals surface area contributed by atoms with E-state index in [1.54, 1.807) is 0 Å². The van der Waals surface area contributed by atoms with E-state index < -0.39 is 65.4 Å². The fraction of sp³-hybridized carbons (Fsp3) is 0.429. The van der Waals surface area contributed by atoms with Crippen molar-refractivity contribution in [1.29, 1.82) is 0 Å². The summed E-state index contributed by atoms with van der Waals surface area (Å²) in [6.07, 6.45) is -1.09. The van der Waals surface area contributed by atoms with E-state index in [1.165, 1.54) is 0 Å². The number of hydrogen-bond donors (Lipinski definition) is 3. The number of carboxylic acids is 1. The lowest BCUT2D eigenvalue weighted by Gasteiger charge is -2.26. The molecule has 1 aromatic carbocycles. The Bertz CT molecular complexity index is 1160. The van der Waals surface area contributed by atoms with Crippen molar-refractivity contribution in [2.75, 3.05) is 6.54 Å². The van der Waals surface area contributed by atoms with E-state index >= 15 is 0 Å². The molecule has 1 aliphatic rings. The van der Waals surface area contributed by atoms with Crippen molar-refractivity contribution in [3.05, 3.63) is 61.8 Å². The predicted octanol–water partition coefficient (Wildman–Crippen LogP) is 2.10. The van der Waals surface area contributed by atoms with E-state index in [4.69, 9.17) is 5.11 Å². The van der Waals surface area contributed by atoms with Gasteiger partial charge in [0.15, 0.2) is 5.56 Å². The molecule has 0 atom stereocenters. The number of carboxylic acid groups (broad SMARTS) is 1. The molecule has 1 amide bonds. The highest BCUT2D eigenvalue weighted by molar-refractivity contribution is 5.97. The van der Waals surface area contributed by atoms with Gasteiger partial charge in [0.1, 0.15) is 6.54 Å². The van der Waals surface area contributed by atoms with Crippen LogP contribution >= 0.6 is 0 Å². The van der Waals surface area contributed by atoms with Gasteiger partial charge in [0.2, 0.25) is 5.88 Å². The number of amides is 1.